The fraction of sp³-hybridized carbons (Fsp3) is 0.333. The van der Waals surface area contributed by atoms with Gasteiger partial charge in [0, 0.05) is 17.6 Å². The fourth-order valence-electron chi connectivity index (χ4n) is 2.68. The predicted octanol–water partition coefficient (Wildman–Crippen LogP) is 2.35. The van der Waals surface area contributed by atoms with Crippen LogP contribution >= 0.6 is 0 Å². The van der Waals surface area contributed by atoms with Crippen LogP contribution in [0.3, 0.4) is 0 Å². The van der Waals surface area contributed by atoms with Gasteiger partial charge in [0.15, 0.2) is 0 Å². The zero-order chi connectivity index (χ0) is 13.4. The largest absolute Gasteiger partial charge is 0.383 e. The molecule has 0 unspecified atom stereocenters. The van der Waals surface area contributed by atoms with Gasteiger partial charge in [-0.25, -0.2) is 4.98 Å². The molecule has 3 N–H and O–H groups in total. The average Bonchev–Trinajstić information content (AvgIpc) is 2.37. The molecular weight excluding hydrogens is 238 g/mol. The fourth-order valence-corrected chi connectivity index (χ4v) is 2.68. The number of carbonyl (C=O) groups excluding carboxylic acids is 1. The van der Waals surface area contributed by atoms with E-state index in [1.165, 1.54) is 0 Å². The van der Waals surface area contributed by atoms with Crippen molar-refractivity contribution < 1.29 is 4.79 Å². The first-order valence-corrected chi connectivity index (χ1v) is 6.59. The van der Waals surface area contributed by atoms with Gasteiger partial charge in [-0.3, -0.25) is 4.79 Å². The lowest BCUT2D eigenvalue weighted by molar-refractivity contribution is 0.0897. The van der Waals surface area contributed by atoms with Gasteiger partial charge in [0.25, 0.3) is 5.91 Å². The maximum atomic E-state index is 12.3. The minimum atomic E-state index is -0.0550. The number of aromatic nitrogens is 1. The number of fused-ring (bicyclic) bond motifs is 1. The summed E-state index contributed by atoms with van der Waals surface area (Å²) in [6, 6.07) is 7.91. The molecule has 1 amide bonds. The standard InChI is InChI=1S/C15H17N3O/c1-9-6-10(7-9)18-15(19)13-8-17-14(16)12-5-3-2-4-11(12)13/h2-5,8-10H,6-7H2,1H3,(H2,16,17)(H,18,19). The van der Waals surface area contributed by atoms with Crippen molar-refractivity contribution in [2.75, 3.05) is 5.73 Å². The maximum Gasteiger partial charge on any atom is 0.253 e. The molecule has 0 radical (unpaired) electrons. The summed E-state index contributed by atoms with van der Waals surface area (Å²) in [6.45, 7) is 2.20. The van der Waals surface area contributed by atoms with Crippen molar-refractivity contribution in [2.24, 2.45) is 5.92 Å². The maximum absolute atomic E-state index is 12.3. The molecule has 98 valence electrons. The van der Waals surface area contributed by atoms with Gasteiger partial charge in [0.2, 0.25) is 0 Å². The highest BCUT2D eigenvalue weighted by Crippen LogP contribution is 2.27. The van der Waals surface area contributed by atoms with Gasteiger partial charge >= 0.3 is 0 Å². The van der Waals surface area contributed by atoms with E-state index in [1.807, 2.05) is 24.3 Å². The Morgan fingerprint density at radius 1 is 1.32 bits per heavy atom. The van der Waals surface area contributed by atoms with Gasteiger partial charge < -0.3 is 11.1 Å². The lowest BCUT2D eigenvalue weighted by Gasteiger charge is -2.33. The molecule has 0 atom stereocenters. The highest BCUT2D eigenvalue weighted by molar-refractivity contribution is 6.09. The van der Waals surface area contributed by atoms with Crippen LogP contribution in [0.15, 0.2) is 30.5 Å². The molecule has 0 saturated heterocycles. The Hall–Kier alpha value is -2.10. The van der Waals surface area contributed by atoms with Crippen molar-refractivity contribution in [1.82, 2.24) is 10.3 Å². The minimum absolute atomic E-state index is 0.0550. The number of amides is 1. The van der Waals surface area contributed by atoms with Crippen LogP contribution < -0.4 is 11.1 Å². The second kappa shape index (κ2) is 4.53. The number of rotatable bonds is 2. The predicted molar refractivity (Wildman–Crippen MR) is 75.8 cm³/mol. The van der Waals surface area contributed by atoms with E-state index in [4.69, 9.17) is 5.73 Å². The molecule has 19 heavy (non-hydrogen) atoms. The second-order valence-electron chi connectivity index (χ2n) is 5.35. The Morgan fingerprint density at radius 3 is 2.68 bits per heavy atom. The summed E-state index contributed by atoms with van der Waals surface area (Å²) >= 11 is 0. The first kappa shape index (κ1) is 12.0. The van der Waals surface area contributed by atoms with Crippen molar-refractivity contribution in [3.8, 4) is 0 Å². The molecule has 1 aliphatic carbocycles. The van der Waals surface area contributed by atoms with Crippen molar-refractivity contribution >= 4 is 22.5 Å². The summed E-state index contributed by atoms with van der Waals surface area (Å²) in [5.41, 5.74) is 6.44. The third-order valence-electron chi connectivity index (χ3n) is 3.78. The van der Waals surface area contributed by atoms with E-state index in [9.17, 15) is 4.79 Å². The van der Waals surface area contributed by atoms with Crippen molar-refractivity contribution in [1.29, 1.82) is 0 Å². The third kappa shape index (κ3) is 2.14. The Kier molecular flexibility index (Phi) is 2.85. The highest BCUT2D eigenvalue weighted by atomic mass is 16.1. The molecule has 4 nitrogen and oxygen atoms in total. The zero-order valence-electron chi connectivity index (χ0n) is 10.9. The molecule has 0 aliphatic heterocycles. The summed E-state index contributed by atoms with van der Waals surface area (Å²) in [7, 11) is 0. The number of carbonyl (C=O) groups is 1. The van der Waals surface area contributed by atoms with Gasteiger partial charge in [-0.15, -0.1) is 0 Å². The summed E-state index contributed by atoms with van der Waals surface area (Å²) in [4.78, 5) is 16.4. The molecule has 1 aliphatic rings. The number of nitrogens with zero attached hydrogens (tertiary/aromatic N) is 1. The van der Waals surface area contributed by atoms with Crippen LogP contribution in [0.25, 0.3) is 10.8 Å². The molecule has 1 aromatic heterocycles. The molecule has 0 spiro atoms. The van der Waals surface area contributed by atoms with Gasteiger partial charge in [-0.1, -0.05) is 31.2 Å². The van der Waals surface area contributed by atoms with E-state index < -0.39 is 0 Å². The lowest BCUT2D eigenvalue weighted by Crippen LogP contribution is -2.43. The lowest BCUT2D eigenvalue weighted by atomic mass is 9.82. The van der Waals surface area contributed by atoms with E-state index in [-0.39, 0.29) is 5.91 Å². The van der Waals surface area contributed by atoms with Crippen LogP contribution in [0.5, 0.6) is 0 Å². The molecule has 2 aromatic rings. The molecule has 1 saturated carbocycles. The number of hydrogen-bond acceptors (Lipinski definition) is 3. The number of nitrogens with two attached hydrogens (primary N) is 1. The molecule has 1 heterocycles. The smallest absolute Gasteiger partial charge is 0.253 e. The Balaban J connectivity index is 1.92. The van der Waals surface area contributed by atoms with Crippen LogP contribution in [0.1, 0.15) is 30.1 Å². The number of hydrogen-bond donors (Lipinski definition) is 2. The number of pyridine rings is 1. The molecule has 3 rings (SSSR count). The van der Waals surface area contributed by atoms with E-state index in [2.05, 4.69) is 17.2 Å². The summed E-state index contributed by atoms with van der Waals surface area (Å²) in [6.07, 6.45) is 3.69. The van der Waals surface area contributed by atoms with E-state index in [0.717, 1.165) is 23.6 Å². The SMILES string of the molecule is CC1CC(NC(=O)c2cnc(N)c3ccccc23)C1. The number of benzene rings is 1. The minimum Gasteiger partial charge on any atom is -0.383 e. The van der Waals surface area contributed by atoms with Crippen LogP contribution in [0.2, 0.25) is 0 Å². The Morgan fingerprint density at radius 2 is 2.00 bits per heavy atom. The number of anilines is 1. The molecule has 0 bridgehead atoms. The van der Waals surface area contributed by atoms with Crippen LogP contribution in [0, 0.1) is 5.92 Å². The quantitative estimate of drug-likeness (QED) is 0.865. The number of nitrogens with one attached hydrogen (secondary N) is 1. The van der Waals surface area contributed by atoms with E-state index in [0.29, 0.717) is 23.3 Å². The van der Waals surface area contributed by atoms with Crippen LogP contribution in [0.4, 0.5) is 5.82 Å². The van der Waals surface area contributed by atoms with Crippen LogP contribution in [-0.4, -0.2) is 16.9 Å². The average molecular weight is 255 g/mol. The summed E-state index contributed by atoms with van der Waals surface area (Å²) in [5, 5.41) is 4.75. The molecular formula is C15H17N3O. The zero-order valence-corrected chi connectivity index (χ0v) is 10.9. The third-order valence-corrected chi connectivity index (χ3v) is 3.78. The molecule has 4 heteroatoms. The summed E-state index contributed by atoms with van der Waals surface area (Å²) < 4.78 is 0. The van der Waals surface area contributed by atoms with Gasteiger partial charge in [0.05, 0.1) is 5.56 Å². The second-order valence-corrected chi connectivity index (χ2v) is 5.35. The van der Waals surface area contributed by atoms with E-state index >= 15 is 0 Å². The number of nitrogen functional groups attached to an aromatic ring is 1. The Labute approximate surface area is 112 Å². The summed E-state index contributed by atoms with van der Waals surface area (Å²) in [5.74, 6) is 1.12. The van der Waals surface area contributed by atoms with Crippen molar-refractivity contribution in [3.05, 3.63) is 36.0 Å². The van der Waals surface area contributed by atoms with Crippen molar-refractivity contribution in [2.45, 2.75) is 25.8 Å². The monoisotopic (exact) mass is 255 g/mol. The molecule has 1 aromatic carbocycles. The topological polar surface area (TPSA) is 68.0 Å². The first-order chi connectivity index (χ1) is 9.15. The van der Waals surface area contributed by atoms with Gasteiger partial charge in [0.1, 0.15) is 5.82 Å². The first-order valence-electron chi connectivity index (χ1n) is 6.59. The highest BCUT2D eigenvalue weighted by Gasteiger charge is 2.27. The van der Waals surface area contributed by atoms with E-state index in [1.54, 1.807) is 6.20 Å². The Bertz CT molecular complexity index is 632. The molecule has 1 fully saturated rings. The normalized spacial score (nSPS) is 21.9. The van der Waals surface area contributed by atoms with Crippen LogP contribution in [-0.2, 0) is 0 Å². The van der Waals surface area contributed by atoms with Gasteiger partial charge in [-0.2, -0.15) is 0 Å². The van der Waals surface area contributed by atoms with Gasteiger partial charge in [-0.05, 0) is 24.1 Å². The van der Waals surface area contributed by atoms with Crippen molar-refractivity contribution in [3.63, 3.8) is 0 Å².